The molecular formula is C36H42ClN4O6S+. The van der Waals surface area contributed by atoms with Crippen molar-refractivity contribution in [1.29, 1.82) is 0 Å². The van der Waals surface area contributed by atoms with Gasteiger partial charge >= 0.3 is 11.9 Å². The molecule has 1 fully saturated rings. The van der Waals surface area contributed by atoms with Crippen molar-refractivity contribution in [2.75, 3.05) is 47.5 Å². The molecule has 10 nitrogen and oxygen atoms in total. The van der Waals surface area contributed by atoms with Crippen LogP contribution in [0, 0.1) is 6.92 Å². The summed E-state index contributed by atoms with van der Waals surface area (Å²) in [6, 6.07) is 18.0. The molecule has 0 bridgehead atoms. The number of nitrogens with one attached hydrogen (secondary N) is 3. The lowest BCUT2D eigenvalue weighted by Crippen LogP contribution is -2.51. The quantitative estimate of drug-likeness (QED) is 0.177. The van der Waals surface area contributed by atoms with E-state index in [9.17, 15) is 9.59 Å². The van der Waals surface area contributed by atoms with Gasteiger partial charge in [-0.2, -0.15) is 0 Å². The molecule has 2 aromatic carbocycles. The third-order valence-electron chi connectivity index (χ3n) is 8.29. The number of nitrogens with zero attached hydrogens (tertiary/aromatic N) is 1. The van der Waals surface area contributed by atoms with Gasteiger partial charge in [0, 0.05) is 43.0 Å². The van der Waals surface area contributed by atoms with Crippen LogP contribution in [0.25, 0.3) is 0 Å². The zero-order valence-corrected chi connectivity index (χ0v) is 29.2. The smallest absolute Gasteiger partial charge is 0.348 e. The van der Waals surface area contributed by atoms with Crippen LogP contribution in [-0.2, 0) is 27.2 Å². The third kappa shape index (κ3) is 9.12. The average Bonchev–Trinajstić information content (AvgIpc) is 3.58. The Hall–Kier alpha value is -4.00. The predicted molar refractivity (Wildman–Crippen MR) is 185 cm³/mol. The standard InChI is InChI=1S/C36H41ClN4O6S/c1-23-18-38-20-29(37)28(23)17-31(25-10-12-30(44-3)32(16-25)45-4)47-35(42)33-13-11-27(48-33)19-40-34(24-8-6-5-7-9-24)36(43)46-22-26-21-41(2)15-14-39-26/h5-13,16,18,20,26,31,34,39-40H,14-15,17,19,21-22H2,1-4H3/p+1/t26-,31-,34?/m0/s1. The van der Waals surface area contributed by atoms with Gasteiger partial charge < -0.3 is 29.2 Å². The van der Waals surface area contributed by atoms with E-state index in [-0.39, 0.29) is 18.6 Å². The Bertz CT molecular complexity index is 1670. The third-order valence-corrected chi connectivity index (χ3v) is 9.69. The van der Waals surface area contributed by atoms with Gasteiger partial charge in [-0.15, -0.1) is 11.3 Å². The highest BCUT2D eigenvalue weighted by Gasteiger charge is 2.26. The van der Waals surface area contributed by atoms with Crippen molar-refractivity contribution in [2.24, 2.45) is 0 Å². The van der Waals surface area contributed by atoms with Crippen LogP contribution >= 0.6 is 22.9 Å². The number of likely N-dealkylation sites (N-methyl/N-ethyl adjacent to an activating group) is 1. The van der Waals surface area contributed by atoms with Crippen LogP contribution < -0.4 is 25.1 Å². The number of halogens is 1. The summed E-state index contributed by atoms with van der Waals surface area (Å²) in [6.07, 6.45) is 3.26. The maximum Gasteiger partial charge on any atom is 0.348 e. The number of carbonyl (C=O) groups is 2. The Labute approximate surface area is 290 Å². The van der Waals surface area contributed by atoms with E-state index < -0.39 is 18.1 Å². The number of H-pyrrole nitrogens is 1. The maximum absolute atomic E-state index is 13.6. The minimum atomic E-state index is -0.671. The first-order valence-corrected chi connectivity index (χ1v) is 17.0. The lowest BCUT2D eigenvalue weighted by molar-refractivity contribution is -0.378. The van der Waals surface area contributed by atoms with Gasteiger partial charge in [0.25, 0.3) is 0 Å². The molecule has 0 spiro atoms. The summed E-state index contributed by atoms with van der Waals surface area (Å²) in [7, 11) is 5.19. The Morgan fingerprint density at radius 1 is 1.06 bits per heavy atom. The van der Waals surface area contributed by atoms with Crippen molar-refractivity contribution in [1.82, 2.24) is 15.5 Å². The van der Waals surface area contributed by atoms with Crippen molar-refractivity contribution in [2.45, 2.75) is 38.1 Å². The van der Waals surface area contributed by atoms with E-state index in [0.29, 0.717) is 34.4 Å². The summed E-state index contributed by atoms with van der Waals surface area (Å²) in [5, 5.41) is 7.30. The number of piperazine rings is 1. The first kappa shape index (κ1) is 35.3. The lowest BCUT2D eigenvalue weighted by atomic mass is 9.98. The number of aromatic amines is 1. The molecule has 3 atom stereocenters. The van der Waals surface area contributed by atoms with Crippen LogP contribution in [0.5, 0.6) is 11.5 Å². The van der Waals surface area contributed by atoms with Crippen LogP contribution in [0.15, 0.2) is 73.1 Å². The number of rotatable bonds is 14. The van der Waals surface area contributed by atoms with Crippen LogP contribution in [0.2, 0.25) is 5.02 Å². The molecule has 0 amide bonds. The molecule has 1 aliphatic heterocycles. The summed E-state index contributed by atoms with van der Waals surface area (Å²) in [5.74, 6) is 0.281. The summed E-state index contributed by atoms with van der Waals surface area (Å²) in [4.78, 5) is 33.5. The van der Waals surface area contributed by atoms with Gasteiger partial charge in [-0.25, -0.2) is 14.6 Å². The summed E-state index contributed by atoms with van der Waals surface area (Å²) in [6.45, 7) is 5.23. The highest BCUT2D eigenvalue weighted by Crippen LogP contribution is 2.35. The Morgan fingerprint density at radius 2 is 1.85 bits per heavy atom. The van der Waals surface area contributed by atoms with Gasteiger partial charge in [0.1, 0.15) is 28.7 Å². The molecule has 0 radical (unpaired) electrons. The van der Waals surface area contributed by atoms with E-state index >= 15 is 0 Å². The number of methoxy groups -OCH3 is 2. The molecule has 3 N–H and O–H groups in total. The largest absolute Gasteiger partial charge is 0.493 e. The first-order valence-electron chi connectivity index (χ1n) is 15.8. The second-order valence-electron chi connectivity index (χ2n) is 11.7. The SMILES string of the molecule is COc1ccc([C@H](Cc2c(C)c[nH+]cc2Cl)OC(=O)c2ccc(CNC(C(=O)OC[C@@H]3CN(C)CCN3)c3ccccc3)s2)cc1OC. The van der Waals surface area contributed by atoms with Crippen LogP contribution in [-0.4, -0.2) is 70.4 Å². The number of esters is 2. The fourth-order valence-electron chi connectivity index (χ4n) is 5.65. The molecule has 254 valence electrons. The number of pyridine rings is 1. The molecule has 48 heavy (non-hydrogen) atoms. The Morgan fingerprint density at radius 3 is 2.58 bits per heavy atom. The van der Waals surface area contributed by atoms with Gasteiger partial charge in [0.2, 0.25) is 0 Å². The number of thiophene rings is 1. The minimum Gasteiger partial charge on any atom is -0.493 e. The molecule has 1 saturated heterocycles. The van der Waals surface area contributed by atoms with E-state index in [4.69, 9.17) is 30.5 Å². The lowest BCUT2D eigenvalue weighted by Gasteiger charge is -2.30. The Balaban J connectivity index is 1.29. The van der Waals surface area contributed by atoms with E-state index in [0.717, 1.165) is 46.8 Å². The molecule has 12 heteroatoms. The van der Waals surface area contributed by atoms with Gasteiger partial charge in [-0.1, -0.05) is 48.0 Å². The summed E-state index contributed by atoms with van der Waals surface area (Å²) < 4.78 is 22.9. The molecule has 1 unspecified atom stereocenters. The van der Waals surface area contributed by atoms with E-state index in [2.05, 4.69) is 27.6 Å². The molecule has 4 aromatic rings. The predicted octanol–water partition coefficient (Wildman–Crippen LogP) is 4.96. The van der Waals surface area contributed by atoms with E-state index in [1.807, 2.05) is 61.7 Å². The second kappa shape index (κ2) is 16.9. The highest BCUT2D eigenvalue weighted by molar-refractivity contribution is 7.13. The minimum absolute atomic E-state index is 0.0815. The van der Waals surface area contributed by atoms with Gasteiger partial charge in [0.15, 0.2) is 23.9 Å². The number of aromatic nitrogens is 1. The number of hydrogen-bond donors (Lipinski definition) is 2. The van der Waals surface area contributed by atoms with Crippen LogP contribution in [0.4, 0.5) is 0 Å². The van der Waals surface area contributed by atoms with Crippen LogP contribution in [0.3, 0.4) is 0 Å². The fourth-order valence-corrected chi connectivity index (χ4v) is 6.78. The average molecular weight is 694 g/mol. The number of carbonyl (C=O) groups excluding carboxylic acids is 2. The van der Waals surface area contributed by atoms with Gasteiger partial charge in [0.05, 0.1) is 20.3 Å². The zero-order chi connectivity index (χ0) is 34.0. The van der Waals surface area contributed by atoms with Gasteiger partial charge in [-0.3, -0.25) is 5.32 Å². The zero-order valence-electron chi connectivity index (χ0n) is 27.6. The van der Waals surface area contributed by atoms with Crippen molar-refractivity contribution in [3.05, 3.63) is 110 Å². The molecule has 0 saturated carbocycles. The second-order valence-corrected chi connectivity index (χ2v) is 13.3. The Kier molecular flexibility index (Phi) is 12.4. The molecule has 5 rings (SSSR count). The number of hydrogen-bond acceptors (Lipinski definition) is 10. The van der Waals surface area contributed by atoms with Crippen molar-refractivity contribution in [3.63, 3.8) is 0 Å². The normalized spacial score (nSPS) is 16.1. The summed E-state index contributed by atoms with van der Waals surface area (Å²) >= 11 is 7.87. The highest BCUT2D eigenvalue weighted by atomic mass is 35.5. The number of aryl methyl sites for hydroxylation is 1. The molecule has 0 aliphatic carbocycles. The molecular weight excluding hydrogens is 652 g/mol. The molecule has 1 aliphatic rings. The number of ether oxygens (including phenoxy) is 4. The maximum atomic E-state index is 13.6. The fraction of sp³-hybridized carbons (Fsp3) is 0.361. The van der Waals surface area contributed by atoms with Gasteiger partial charge in [-0.05, 0) is 54.9 Å². The topological polar surface area (TPSA) is 113 Å². The molecule has 2 aromatic heterocycles. The van der Waals surface area contributed by atoms with Crippen molar-refractivity contribution in [3.8, 4) is 11.5 Å². The van der Waals surface area contributed by atoms with E-state index in [1.54, 1.807) is 32.5 Å². The van der Waals surface area contributed by atoms with Crippen LogP contribution in [0.1, 0.15) is 48.9 Å². The van der Waals surface area contributed by atoms with Crippen molar-refractivity contribution >= 4 is 34.9 Å². The first-order chi connectivity index (χ1) is 23.2. The van der Waals surface area contributed by atoms with Crippen molar-refractivity contribution < 1.29 is 33.5 Å². The monoisotopic (exact) mass is 693 g/mol. The molecule has 3 heterocycles. The van der Waals surface area contributed by atoms with E-state index in [1.165, 1.54) is 11.3 Å². The number of benzene rings is 2. The summed E-state index contributed by atoms with van der Waals surface area (Å²) in [5.41, 5.74) is 3.35.